The van der Waals surface area contributed by atoms with Gasteiger partial charge < -0.3 is 10.4 Å². The van der Waals surface area contributed by atoms with E-state index < -0.39 is 0 Å². The van der Waals surface area contributed by atoms with Crippen molar-refractivity contribution in [2.75, 3.05) is 0 Å². The lowest BCUT2D eigenvalue weighted by atomic mass is 9.70. The van der Waals surface area contributed by atoms with Gasteiger partial charge in [0.2, 0.25) is 0 Å². The van der Waals surface area contributed by atoms with Crippen LogP contribution in [-0.2, 0) is 0 Å². The van der Waals surface area contributed by atoms with Gasteiger partial charge in [0.25, 0.3) is 0 Å². The lowest BCUT2D eigenvalue weighted by Gasteiger charge is -2.32. The van der Waals surface area contributed by atoms with Gasteiger partial charge in [0.1, 0.15) is 11.4 Å². The molecule has 2 aliphatic rings. The molecule has 0 aliphatic heterocycles. The number of nitrogens with zero attached hydrogens (tertiary/aromatic N) is 2. The maximum absolute atomic E-state index is 8.98. The highest BCUT2D eigenvalue weighted by Gasteiger charge is 2.64. The Balaban J connectivity index is 2.60. The summed E-state index contributed by atoms with van der Waals surface area (Å²) in [5.41, 5.74) is 1.02. The molecule has 2 aliphatic carbocycles. The summed E-state index contributed by atoms with van der Waals surface area (Å²) in [5, 5.41) is 24.5. The topological polar surface area (TPSA) is 65.2 Å². The first-order valence-corrected chi connectivity index (χ1v) is 4.94. The van der Waals surface area contributed by atoms with Crippen LogP contribution in [0.1, 0.15) is 33.6 Å². The molecule has 0 saturated heterocycles. The van der Waals surface area contributed by atoms with Crippen LogP contribution in [0.3, 0.4) is 0 Å². The van der Waals surface area contributed by atoms with Crippen LogP contribution in [0.15, 0.2) is 10.3 Å². The summed E-state index contributed by atoms with van der Waals surface area (Å²) in [6, 6.07) is 0. The van der Waals surface area contributed by atoms with Crippen molar-refractivity contribution in [2.24, 2.45) is 27.1 Å². The average Bonchev–Trinajstić information content (AvgIpc) is 2.46. The summed E-state index contributed by atoms with van der Waals surface area (Å²) in [4.78, 5) is 0. The third kappa shape index (κ3) is 0.751. The summed E-state index contributed by atoms with van der Waals surface area (Å²) in [6.45, 7) is 6.38. The van der Waals surface area contributed by atoms with Gasteiger partial charge in [0, 0.05) is 11.3 Å². The fraction of sp³-hybridized carbons (Fsp3) is 0.800. The van der Waals surface area contributed by atoms with Crippen molar-refractivity contribution < 1.29 is 10.4 Å². The minimum absolute atomic E-state index is 0.0239. The van der Waals surface area contributed by atoms with Gasteiger partial charge in [-0.3, -0.25) is 0 Å². The molecule has 0 amide bonds. The van der Waals surface area contributed by atoms with Crippen molar-refractivity contribution in [1.82, 2.24) is 0 Å². The van der Waals surface area contributed by atoms with Crippen LogP contribution in [0, 0.1) is 16.7 Å². The lowest BCUT2D eigenvalue weighted by Crippen LogP contribution is -2.33. The van der Waals surface area contributed by atoms with Gasteiger partial charge >= 0.3 is 0 Å². The highest BCUT2D eigenvalue weighted by atomic mass is 16.4. The van der Waals surface area contributed by atoms with Gasteiger partial charge in [-0.25, -0.2) is 0 Å². The zero-order valence-electron chi connectivity index (χ0n) is 8.78. The van der Waals surface area contributed by atoms with Crippen LogP contribution < -0.4 is 0 Å². The molecule has 14 heavy (non-hydrogen) atoms. The van der Waals surface area contributed by atoms with Crippen molar-refractivity contribution in [3.05, 3.63) is 0 Å². The van der Waals surface area contributed by atoms with Crippen LogP contribution in [0.5, 0.6) is 0 Å². The van der Waals surface area contributed by atoms with Gasteiger partial charge in [-0.05, 0) is 18.3 Å². The Bertz CT molecular complexity index is 333. The van der Waals surface area contributed by atoms with Gasteiger partial charge in [0.05, 0.1) is 0 Å². The van der Waals surface area contributed by atoms with E-state index in [1.54, 1.807) is 0 Å². The highest BCUT2D eigenvalue weighted by molar-refractivity contribution is 6.47. The number of hydrogen-bond acceptors (Lipinski definition) is 4. The molecule has 0 aromatic heterocycles. The van der Waals surface area contributed by atoms with E-state index >= 15 is 0 Å². The first kappa shape index (κ1) is 9.49. The van der Waals surface area contributed by atoms with E-state index in [1.807, 2.05) is 0 Å². The third-order valence-corrected chi connectivity index (χ3v) is 4.53. The summed E-state index contributed by atoms with van der Waals surface area (Å²) < 4.78 is 0. The quantitative estimate of drug-likeness (QED) is 0.460. The SMILES string of the molecule is CC1(C)[C@@H]2CC[C@]1(C)C(=N\O)/C2=N/O. The predicted molar refractivity (Wildman–Crippen MR) is 53.1 cm³/mol. The molecular formula is C10H16N2O2. The molecule has 2 saturated carbocycles. The number of oxime groups is 2. The molecule has 0 aromatic rings. The molecule has 2 N–H and O–H groups in total. The van der Waals surface area contributed by atoms with Crippen LogP contribution in [0.25, 0.3) is 0 Å². The van der Waals surface area contributed by atoms with E-state index in [1.165, 1.54) is 0 Å². The number of rotatable bonds is 0. The zero-order chi connectivity index (χ0) is 10.6. The second kappa shape index (κ2) is 2.49. The molecule has 0 heterocycles. The van der Waals surface area contributed by atoms with Crippen molar-refractivity contribution in [1.29, 1.82) is 0 Å². The van der Waals surface area contributed by atoms with E-state index in [0.717, 1.165) is 12.8 Å². The van der Waals surface area contributed by atoms with E-state index in [4.69, 9.17) is 10.4 Å². The van der Waals surface area contributed by atoms with E-state index in [0.29, 0.717) is 11.4 Å². The zero-order valence-corrected chi connectivity index (χ0v) is 8.78. The van der Waals surface area contributed by atoms with Crippen LogP contribution in [0.2, 0.25) is 0 Å². The maximum atomic E-state index is 8.98. The van der Waals surface area contributed by atoms with Crippen LogP contribution >= 0.6 is 0 Å². The van der Waals surface area contributed by atoms with E-state index in [9.17, 15) is 0 Å². The largest absolute Gasteiger partial charge is 0.411 e. The fourth-order valence-corrected chi connectivity index (χ4v) is 3.13. The molecule has 4 nitrogen and oxygen atoms in total. The Morgan fingerprint density at radius 1 is 1.21 bits per heavy atom. The number of hydrogen-bond donors (Lipinski definition) is 2. The molecule has 0 spiro atoms. The standard InChI is InChI=1S/C10H16N2O2/c1-9(2)6-4-5-10(9,3)8(12-14)7(6)11-13/h6,13-14H,4-5H2,1-3H3/b11-7+,12-8-/t6-,10-/m1/s1. The molecule has 78 valence electrons. The van der Waals surface area contributed by atoms with E-state index in [-0.39, 0.29) is 16.7 Å². The third-order valence-electron chi connectivity index (χ3n) is 4.53. The Labute approximate surface area is 83.3 Å². The first-order chi connectivity index (χ1) is 6.49. The van der Waals surface area contributed by atoms with Gasteiger partial charge in [-0.2, -0.15) is 0 Å². The normalized spacial score (nSPS) is 45.2. The molecule has 2 fully saturated rings. The first-order valence-electron chi connectivity index (χ1n) is 4.94. The molecule has 0 radical (unpaired) electrons. The maximum Gasteiger partial charge on any atom is 0.111 e. The predicted octanol–water partition coefficient (Wildman–Crippen LogP) is 2.10. The Hall–Kier alpha value is -1.06. The van der Waals surface area contributed by atoms with Crippen molar-refractivity contribution >= 4 is 11.4 Å². The van der Waals surface area contributed by atoms with Crippen molar-refractivity contribution in [3.8, 4) is 0 Å². The summed E-state index contributed by atoms with van der Waals surface area (Å²) in [7, 11) is 0. The minimum atomic E-state index is -0.145. The molecule has 0 aromatic carbocycles. The molecule has 2 rings (SSSR count). The van der Waals surface area contributed by atoms with Crippen LogP contribution in [0.4, 0.5) is 0 Å². The van der Waals surface area contributed by atoms with Gasteiger partial charge in [-0.1, -0.05) is 31.1 Å². The van der Waals surface area contributed by atoms with Gasteiger partial charge in [-0.15, -0.1) is 0 Å². The average molecular weight is 196 g/mol. The molecule has 2 bridgehead atoms. The van der Waals surface area contributed by atoms with Crippen molar-refractivity contribution in [2.45, 2.75) is 33.6 Å². The van der Waals surface area contributed by atoms with E-state index in [2.05, 4.69) is 31.1 Å². The lowest BCUT2D eigenvalue weighted by molar-refractivity contribution is 0.200. The minimum Gasteiger partial charge on any atom is -0.411 e. The summed E-state index contributed by atoms with van der Waals surface area (Å²) in [6.07, 6.45) is 2.02. The second-order valence-electron chi connectivity index (χ2n) is 5.08. The second-order valence-corrected chi connectivity index (χ2v) is 5.08. The van der Waals surface area contributed by atoms with Crippen molar-refractivity contribution in [3.63, 3.8) is 0 Å². The molecule has 0 unspecified atom stereocenters. The molecular weight excluding hydrogens is 180 g/mol. The molecule has 4 heteroatoms. The molecule has 2 atom stereocenters. The van der Waals surface area contributed by atoms with Crippen LogP contribution in [-0.4, -0.2) is 21.8 Å². The van der Waals surface area contributed by atoms with Gasteiger partial charge in [0.15, 0.2) is 0 Å². The fourth-order valence-electron chi connectivity index (χ4n) is 3.13. The number of fused-ring (bicyclic) bond motifs is 2. The monoisotopic (exact) mass is 196 g/mol. The Morgan fingerprint density at radius 3 is 2.29 bits per heavy atom. The Morgan fingerprint density at radius 2 is 1.86 bits per heavy atom. The summed E-state index contributed by atoms with van der Waals surface area (Å²) in [5.74, 6) is 0.225. The highest BCUT2D eigenvalue weighted by Crippen LogP contribution is 2.62. The summed E-state index contributed by atoms with van der Waals surface area (Å²) >= 11 is 0. The Kier molecular flexibility index (Phi) is 1.69. The smallest absolute Gasteiger partial charge is 0.111 e.